The van der Waals surface area contributed by atoms with Crippen LogP contribution in [0.15, 0.2) is 11.8 Å². The van der Waals surface area contributed by atoms with E-state index in [9.17, 15) is 9.90 Å². The molecule has 74 valence electrons. The second-order valence-corrected chi connectivity index (χ2v) is 2.82. The Labute approximate surface area is 77.1 Å². The Balaban J connectivity index is 2.50. The van der Waals surface area contributed by atoms with Gasteiger partial charge < -0.3 is 14.6 Å². The first-order chi connectivity index (χ1) is 6.25. The van der Waals surface area contributed by atoms with Crippen molar-refractivity contribution in [1.29, 1.82) is 0 Å². The molecule has 0 saturated carbocycles. The fourth-order valence-corrected chi connectivity index (χ4v) is 1.16. The summed E-state index contributed by atoms with van der Waals surface area (Å²) in [6, 6.07) is 0. The van der Waals surface area contributed by atoms with Gasteiger partial charge in [0.1, 0.15) is 0 Å². The number of hydrogen-bond donors (Lipinski definition) is 1. The smallest absolute Gasteiger partial charge is 0.339 e. The first kappa shape index (κ1) is 10.1. The minimum atomic E-state index is -1.15. The van der Waals surface area contributed by atoms with Crippen LogP contribution in [0.5, 0.6) is 0 Å². The van der Waals surface area contributed by atoms with Crippen molar-refractivity contribution in [2.24, 2.45) is 0 Å². The topological polar surface area (TPSA) is 55.8 Å². The highest BCUT2D eigenvalue weighted by atomic mass is 16.5. The number of aliphatic hydroxyl groups is 1. The largest absolute Gasteiger partial charge is 0.501 e. The van der Waals surface area contributed by atoms with Gasteiger partial charge in [-0.1, -0.05) is 0 Å². The molecule has 13 heavy (non-hydrogen) atoms. The molecule has 0 saturated heterocycles. The highest BCUT2D eigenvalue weighted by Gasteiger charge is 2.22. The van der Waals surface area contributed by atoms with Crippen LogP contribution in [0.1, 0.15) is 19.8 Å². The summed E-state index contributed by atoms with van der Waals surface area (Å²) in [6.45, 7) is 2.64. The zero-order chi connectivity index (χ0) is 9.68. The fraction of sp³-hybridized carbons (Fsp3) is 0.667. The average Bonchev–Trinajstić information content (AvgIpc) is 2.18. The Kier molecular flexibility index (Phi) is 3.76. The quantitative estimate of drug-likeness (QED) is 0.656. The third-order valence-corrected chi connectivity index (χ3v) is 1.82. The number of rotatable bonds is 3. The van der Waals surface area contributed by atoms with Crippen molar-refractivity contribution in [2.75, 3.05) is 13.2 Å². The molecule has 0 amide bonds. The Bertz CT molecular complexity index is 210. The van der Waals surface area contributed by atoms with Gasteiger partial charge in [-0.25, -0.2) is 4.79 Å². The average molecular weight is 186 g/mol. The van der Waals surface area contributed by atoms with Crippen LogP contribution in [0.25, 0.3) is 0 Å². The Morgan fingerprint density at radius 2 is 2.62 bits per heavy atom. The molecule has 0 fully saturated rings. The van der Waals surface area contributed by atoms with Crippen LogP contribution in [0.3, 0.4) is 0 Å². The molecule has 1 heterocycles. The molecule has 4 nitrogen and oxygen atoms in total. The van der Waals surface area contributed by atoms with Crippen molar-refractivity contribution < 1.29 is 19.4 Å². The van der Waals surface area contributed by atoms with E-state index in [1.807, 2.05) is 0 Å². The van der Waals surface area contributed by atoms with Gasteiger partial charge >= 0.3 is 5.97 Å². The number of carbonyl (C=O) groups is 1. The summed E-state index contributed by atoms with van der Waals surface area (Å²) in [5, 5.41) is 9.45. The molecule has 1 rings (SSSR count). The van der Waals surface area contributed by atoms with E-state index >= 15 is 0 Å². The third-order valence-electron chi connectivity index (χ3n) is 1.82. The highest BCUT2D eigenvalue weighted by molar-refractivity contribution is 5.77. The van der Waals surface area contributed by atoms with Gasteiger partial charge in [0.2, 0.25) is 0 Å². The first-order valence-electron chi connectivity index (χ1n) is 4.41. The summed E-state index contributed by atoms with van der Waals surface area (Å²) >= 11 is 0. The predicted octanol–water partition coefficient (Wildman–Crippen LogP) is 0.605. The molecule has 0 aromatic heterocycles. The Hall–Kier alpha value is -1.03. The number of carbonyl (C=O) groups excluding carboxylic acids is 1. The van der Waals surface area contributed by atoms with Crippen molar-refractivity contribution in [2.45, 2.75) is 25.9 Å². The van der Waals surface area contributed by atoms with Crippen molar-refractivity contribution in [3.63, 3.8) is 0 Å². The van der Waals surface area contributed by atoms with Crippen molar-refractivity contribution in [3.05, 3.63) is 11.8 Å². The monoisotopic (exact) mass is 186 g/mol. The van der Waals surface area contributed by atoms with Gasteiger partial charge in [-0.2, -0.15) is 0 Å². The number of hydrogen-bond acceptors (Lipinski definition) is 4. The zero-order valence-corrected chi connectivity index (χ0v) is 7.66. The Morgan fingerprint density at radius 1 is 1.85 bits per heavy atom. The summed E-state index contributed by atoms with van der Waals surface area (Å²) in [5.74, 6) is -0.598. The van der Waals surface area contributed by atoms with E-state index in [4.69, 9.17) is 4.74 Å². The highest BCUT2D eigenvalue weighted by Crippen LogP contribution is 2.16. The van der Waals surface area contributed by atoms with Gasteiger partial charge in [0, 0.05) is 5.57 Å². The lowest BCUT2D eigenvalue weighted by atomic mass is 10.1. The molecular formula is C9H14O4. The van der Waals surface area contributed by atoms with E-state index in [-0.39, 0.29) is 6.61 Å². The SMILES string of the molecule is CCOC(=O)C(O)C1=COCCC1. The van der Waals surface area contributed by atoms with Crippen molar-refractivity contribution in [3.8, 4) is 0 Å². The lowest BCUT2D eigenvalue weighted by molar-refractivity contribution is -0.151. The second kappa shape index (κ2) is 4.87. The van der Waals surface area contributed by atoms with Crippen molar-refractivity contribution in [1.82, 2.24) is 0 Å². The van der Waals surface area contributed by atoms with E-state index in [1.54, 1.807) is 6.92 Å². The normalized spacial score (nSPS) is 18.5. The molecule has 1 aliphatic heterocycles. The van der Waals surface area contributed by atoms with Crippen LogP contribution in [-0.4, -0.2) is 30.4 Å². The van der Waals surface area contributed by atoms with Gasteiger partial charge in [0.05, 0.1) is 19.5 Å². The molecule has 1 atom stereocenters. The van der Waals surface area contributed by atoms with Crippen LogP contribution < -0.4 is 0 Å². The molecule has 0 spiro atoms. The van der Waals surface area contributed by atoms with E-state index < -0.39 is 12.1 Å². The van der Waals surface area contributed by atoms with Crippen LogP contribution in [0.2, 0.25) is 0 Å². The van der Waals surface area contributed by atoms with E-state index in [1.165, 1.54) is 6.26 Å². The van der Waals surface area contributed by atoms with Gasteiger partial charge in [0.15, 0.2) is 6.10 Å². The van der Waals surface area contributed by atoms with E-state index in [0.29, 0.717) is 18.6 Å². The van der Waals surface area contributed by atoms with Gasteiger partial charge in [-0.3, -0.25) is 0 Å². The van der Waals surface area contributed by atoms with Crippen molar-refractivity contribution >= 4 is 5.97 Å². The van der Waals surface area contributed by atoms with Crippen LogP contribution in [-0.2, 0) is 14.3 Å². The summed E-state index contributed by atoms with van der Waals surface area (Å²) < 4.78 is 9.67. The van der Waals surface area contributed by atoms with Crippen LogP contribution in [0, 0.1) is 0 Å². The third kappa shape index (κ3) is 2.73. The van der Waals surface area contributed by atoms with E-state index in [0.717, 1.165) is 6.42 Å². The summed E-state index contributed by atoms with van der Waals surface area (Å²) in [7, 11) is 0. The second-order valence-electron chi connectivity index (χ2n) is 2.82. The molecule has 0 radical (unpaired) electrons. The predicted molar refractivity (Wildman–Crippen MR) is 45.9 cm³/mol. The molecule has 4 heteroatoms. The number of aliphatic hydroxyl groups excluding tert-OH is 1. The van der Waals surface area contributed by atoms with Crippen LogP contribution >= 0.6 is 0 Å². The Morgan fingerprint density at radius 3 is 3.15 bits per heavy atom. The molecule has 0 aromatic carbocycles. The lowest BCUT2D eigenvalue weighted by Gasteiger charge is -2.17. The minimum absolute atomic E-state index is 0.282. The van der Waals surface area contributed by atoms with Gasteiger partial charge in [-0.05, 0) is 19.8 Å². The molecular weight excluding hydrogens is 172 g/mol. The molecule has 1 unspecified atom stereocenters. The molecule has 1 aliphatic rings. The summed E-state index contributed by atoms with van der Waals surface area (Å²) in [6.07, 6.45) is 1.83. The molecule has 1 N–H and O–H groups in total. The maximum Gasteiger partial charge on any atom is 0.339 e. The maximum absolute atomic E-state index is 11.1. The zero-order valence-electron chi connectivity index (χ0n) is 7.66. The first-order valence-corrected chi connectivity index (χ1v) is 4.41. The molecule has 0 aromatic rings. The molecule has 0 bridgehead atoms. The number of esters is 1. The lowest BCUT2D eigenvalue weighted by Crippen LogP contribution is -2.26. The standard InChI is InChI=1S/C9H14O4/c1-2-13-9(11)8(10)7-4-3-5-12-6-7/h6,8,10H,2-5H2,1H3. The van der Waals surface area contributed by atoms with Gasteiger partial charge in [0.25, 0.3) is 0 Å². The minimum Gasteiger partial charge on any atom is -0.501 e. The van der Waals surface area contributed by atoms with E-state index in [2.05, 4.69) is 4.74 Å². The fourth-order valence-electron chi connectivity index (χ4n) is 1.16. The maximum atomic E-state index is 11.1. The van der Waals surface area contributed by atoms with Gasteiger partial charge in [-0.15, -0.1) is 0 Å². The summed E-state index contributed by atoms with van der Waals surface area (Å²) in [5.41, 5.74) is 0.602. The number of ether oxygens (including phenoxy) is 2. The van der Waals surface area contributed by atoms with Crippen LogP contribution in [0.4, 0.5) is 0 Å². The summed E-state index contributed by atoms with van der Waals surface area (Å²) in [4.78, 5) is 11.1. The molecule has 0 aliphatic carbocycles.